The van der Waals surface area contributed by atoms with Gasteiger partial charge in [-0.3, -0.25) is 9.98 Å². The minimum absolute atomic E-state index is 0.127. The number of pyridine rings is 1. The van der Waals surface area contributed by atoms with Crippen LogP contribution in [0.3, 0.4) is 0 Å². The van der Waals surface area contributed by atoms with Crippen LogP contribution < -0.4 is 5.32 Å². The molecule has 3 nitrogen and oxygen atoms in total. The van der Waals surface area contributed by atoms with Crippen LogP contribution in [0.1, 0.15) is 23.6 Å². The van der Waals surface area contributed by atoms with E-state index in [9.17, 15) is 0 Å². The lowest BCUT2D eigenvalue weighted by atomic mass is 10.0. The summed E-state index contributed by atoms with van der Waals surface area (Å²) in [6.07, 6.45) is 6.44. The molecule has 3 heteroatoms. The molecule has 1 atom stereocenters. The number of benzene rings is 2. The van der Waals surface area contributed by atoms with Gasteiger partial charge in [-0.1, -0.05) is 54.6 Å². The highest BCUT2D eigenvalue weighted by molar-refractivity contribution is 5.79. The predicted molar refractivity (Wildman–Crippen MR) is 101 cm³/mol. The minimum Gasteiger partial charge on any atom is -0.385 e. The smallest absolute Gasteiger partial charge is 0.0766 e. The SMILES string of the molecule is C(=N\C(CCNc1ccccc1)c1ccccc1)/c1cccnc1. The second-order valence-corrected chi connectivity index (χ2v) is 5.57. The van der Waals surface area contributed by atoms with Crippen molar-refractivity contribution in [1.29, 1.82) is 0 Å². The molecular weight excluding hydrogens is 294 g/mol. The van der Waals surface area contributed by atoms with E-state index < -0.39 is 0 Å². The first kappa shape index (κ1) is 15.9. The predicted octanol–water partition coefficient (Wildman–Crippen LogP) is 4.74. The highest BCUT2D eigenvalue weighted by atomic mass is 14.9. The highest BCUT2D eigenvalue weighted by Gasteiger charge is 2.08. The molecule has 2 aromatic carbocycles. The van der Waals surface area contributed by atoms with Crippen molar-refractivity contribution < 1.29 is 0 Å². The van der Waals surface area contributed by atoms with Gasteiger partial charge < -0.3 is 5.32 Å². The first-order valence-corrected chi connectivity index (χ1v) is 8.19. The summed E-state index contributed by atoms with van der Waals surface area (Å²) in [7, 11) is 0. The molecule has 1 heterocycles. The molecule has 0 aliphatic carbocycles. The first-order chi connectivity index (χ1) is 11.9. The zero-order valence-electron chi connectivity index (χ0n) is 13.5. The monoisotopic (exact) mass is 315 g/mol. The lowest BCUT2D eigenvalue weighted by molar-refractivity contribution is 0.680. The molecule has 3 rings (SSSR count). The number of nitrogens with one attached hydrogen (secondary N) is 1. The van der Waals surface area contributed by atoms with Crippen LogP contribution in [0.25, 0.3) is 0 Å². The van der Waals surface area contributed by atoms with E-state index in [0.29, 0.717) is 0 Å². The van der Waals surface area contributed by atoms with E-state index in [1.165, 1.54) is 5.56 Å². The largest absolute Gasteiger partial charge is 0.385 e. The number of hydrogen-bond acceptors (Lipinski definition) is 3. The Kier molecular flexibility index (Phi) is 5.73. The summed E-state index contributed by atoms with van der Waals surface area (Å²) in [6, 6.07) is 24.8. The van der Waals surface area contributed by atoms with Gasteiger partial charge in [-0.15, -0.1) is 0 Å². The van der Waals surface area contributed by atoms with Crippen molar-refractivity contribution in [2.75, 3.05) is 11.9 Å². The lowest BCUT2D eigenvalue weighted by Crippen LogP contribution is -2.07. The highest BCUT2D eigenvalue weighted by Crippen LogP contribution is 2.21. The van der Waals surface area contributed by atoms with Gasteiger partial charge in [0, 0.05) is 36.4 Å². The molecule has 0 fully saturated rings. The van der Waals surface area contributed by atoms with Crippen molar-refractivity contribution in [2.24, 2.45) is 4.99 Å². The number of nitrogens with zero attached hydrogens (tertiary/aromatic N) is 2. The van der Waals surface area contributed by atoms with Crippen molar-refractivity contribution in [1.82, 2.24) is 4.98 Å². The van der Waals surface area contributed by atoms with Crippen molar-refractivity contribution in [3.8, 4) is 0 Å². The second kappa shape index (κ2) is 8.63. The number of para-hydroxylation sites is 1. The Morgan fingerprint density at radius 2 is 1.67 bits per heavy atom. The van der Waals surface area contributed by atoms with Gasteiger partial charge in [-0.2, -0.15) is 0 Å². The van der Waals surface area contributed by atoms with Crippen molar-refractivity contribution in [3.63, 3.8) is 0 Å². The molecule has 24 heavy (non-hydrogen) atoms. The number of aliphatic imine (C=N–C) groups is 1. The van der Waals surface area contributed by atoms with Gasteiger partial charge in [0.25, 0.3) is 0 Å². The number of rotatable bonds is 7. The number of anilines is 1. The van der Waals surface area contributed by atoms with Crippen LogP contribution in [0.4, 0.5) is 5.69 Å². The fourth-order valence-electron chi connectivity index (χ4n) is 2.54. The van der Waals surface area contributed by atoms with Crippen LogP contribution in [-0.2, 0) is 0 Å². The summed E-state index contributed by atoms with van der Waals surface area (Å²) in [5.41, 5.74) is 3.39. The lowest BCUT2D eigenvalue weighted by Gasteiger charge is -2.14. The van der Waals surface area contributed by atoms with Crippen LogP contribution >= 0.6 is 0 Å². The molecule has 1 N–H and O–H groups in total. The molecule has 3 aromatic rings. The Labute approximate surface area is 143 Å². The summed E-state index contributed by atoms with van der Waals surface area (Å²) in [6.45, 7) is 0.869. The summed E-state index contributed by atoms with van der Waals surface area (Å²) in [5, 5.41) is 3.46. The molecular formula is C21H21N3. The van der Waals surface area contributed by atoms with Crippen molar-refractivity contribution in [3.05, 3.63) is 96.3 Å². The third-order valence-electron chi connectivity index (χ3n) is 3.79. The van der Waals surface area contributed by atoms with Gasteiger partial charge in [0.1, 0.15) is 0 Å². The Morgan fingerprint density at radius 3 is 2.38 bits per heavy atom. The zero-order valence-corrected chi connectivity index (χ0v) is 13.5. The molecule has 0 aliphatic heterocycles. The van der Waals surface area contributed by atoms with Crippen LogP contribution in [0.2, 0.25) is 0 Å². The molecule has 0 saturated heterocycles. The molecule has 0 saturated carbocycles. The topological polar surface area (TPSA) is 37.3 Å². The average molecular weight is 315 g/mol. The molecule has 120 valence electrons. The first-order valence-electron chi connectivity index (χ1n) is 8.19. The summed E-state index contributed by atoms with van der Waals surface area (Å²) in [5.74, 6) is 0. The second-order valence-electron chi connectivity index (χ2n) is 5.57. The molecule has 1 unspecified atom stereocenters. The number of aromatic nitrogens is 1. The average Bonchev–Trinajstić information content (AvgIpc) is 2.67. The fourth-order valence-corrected chi connectivity index (χ4v) is 2.54. The molecule has 1 aromatic heterocycles. The van der Waals surface area contributed by atoms with Crippen LogP contribution in [0.5, 0.6) is 0 Å². The Bertz CT molecular complexity index is 740. The fraction of sp³-hybridized carbons (Fsp3) is 0.143. The molecule has 0 spiro atoms. The van der Waals surface area contributed by atoms with Crippen molar-refractivity contribution >= 4 is 11.9 Å². The summed E-state index contributed by atoms with van der Waals surface area (Å²) in [4.78, 5) is 8.92. The summed E-state index contributed by atoms with van der Waals surface area (Å²) < 4.78 is 0. The van der Waals surface area contributed by atoms with Gasteiger partial charge in [0.2, 0.25) is 0 Å². The van der Waals surface area contributed by atoms with Gasteiger partial charge in [-0.05, 0) is 30.2 Å². The molecule has 0 radical (unpaired) electrons. The minimum atomic E-state index is 0.127. The van der Waals surface area contributed by atoms with Crippen LogP contribution in [-0.4, -0.2) is 17.7 Å². The zero-order chi connectivity index (χ0) is 16.5. The van der Waals surface area contributed by atoms with Crippen LogP contribution in [0.15, 0.2) is 90.2 Å². The van der Waals surface area contributed by atoms with Gasteiger partial charge >= 0.3 is 0 Å². The third kappa shape index (κ3) is 4.78. The quantitative estimate of drug-likeness (QED) is 0.639. The summed E-state index contributed by atoms with van der Waals surface area (Å²) >= 11 is 0. The standard InChI is InChI=1S/C21H21N3/c1-3-9-19(10-4-1)21(24-17-18-8-7-14-22-16-18)13-15-23-20-11-5-2-6-12-20/h1-12,14,16-17,21,23H,13,15H2/b24-17+. The van der Waals surface area contributed by atoms with Crippen molar-refractivity contribution in [2.45, 2.75) is 12.5 Å². The van der Waals surface area contributed by atoms with E-state index in [4.69, 9.17) is 4.99 Å². The molecule has 0 bridgehead atoms. The normalized spacial score (nSPS) is 12.2. The molecule has 0 amide bonds. The number of hydrogen-bond donors (Lipinski definition) is 1. The van der Waals surface area contributed by atoms with Gasteiger partial charge in [-0.25, -0.2) is 0 Å². The Morgan fingerprint density at radius 1 is 0.917 bits per heavy atom. The van der Waals surface area contributed by atoms with E-state index in [-0.39, 0.29) is 6.04 Å². The van der Waals surface area contributed by atoms with Gasteiger partial charge in [0.05, 0.1) is 6.04 Å². The van der Waals surface area contributed by atoms with E-state index in [1.807, 2.05) is 48.8 Å². The third-order valence-corrected chi connectivity index (χ3v) is 3.79. The van der Waals surface area contributed by atoms with E-state index >= 15 is 0 Å². The van der Waals surface area contributed by atoms with E-state index in [0.717, 1.165) is 24.2 Å². The maximum absolute atomic E-state index is 4.79. The Balaban J connectivity index is 1.67. The van der Waals surface area contributed by atoms with E-state index in [2.05, 4.69) is 46.7 Å². The van der Waals surface area contributed by atoms with Gasteiger partial charge in [0.15, 0.2) is 0 Å². The Hall–Kier alpha value is -2.94. The maximum Gasteiger partial charge on any atom is 0.0766 e. The van der Waals surface area contributed by atoms with E-state index in [1.54, 1.807) is 6.20 Å². The molecule has 0 aliphatic rings. The van der Waals surface area contributed by atoms with Crippen LogP contribution in [0, 0.1) is 0 Å². The maximum atomic E-state index is 4.79.